The summed E-state index contributed by atoms with van der Waals surface area (Å²) in [7, 11) is 0. The fourth-order valence-corrected chi connectivity index (χ4v) is 2.06. The number of hydrogen-bond donors (Lipinski definition) is 1. The van der Waals surface area contributed by atoms with Gasteiger partial charge < -0.3 is 10.6 Å². The third-order valence-electron chi connectivity index (χ3n) is 3.21. The Morgan fingerprint density at radius 1 is 1.25 bits per heavy atom. The van der Waals surface area contributed by atoms with Gasteiger partial charge in [-0.1, -0.05) is 18.2 Å². The smallest absolute Gasteiger partial charge is 0.140 e. The molecular weight excluding hydrogens is 248 g/mol. The van der Waals surface area contributed by atoms with Crippen LogP contribution in [0.25, 0.3) is 0 Å². The predicted molar refractivity (Wildman–Crippen MR) is 81.1 cm³/mol. The number of benzene rings is 1. The zero-order chi connectivity index (χ0) is 14.5. The molecule has 0 radical (unpaired) electrons. The second-order valence-electron chi connectivity index (χ2n) is 4.93. The maximum Gasteiger partial charge on any atom is 0.140 e. The van der Waals surface area contributed by atoms with Gasteiger partial charge in [-0.05, 0) is 37.6 Å². The van der Waals surface area contributed by atoms with E-state index in [1.807, 2.05) is 36.4 Å². The molecule has 2 N–H and O–H groups in total. The van der Waals surface area contributed by atoms with E-state index in [0.717, 1.165) is 23.5 Å². The molecule has 102 valence electrons. The van der Waals surface area contributed by atoms with Crippen molar-refractivity contribution in [2.45, 2.75) is 26.4 Å². The quantitative estimate of drug-likeness (QED) is 0.864. The van der Waals surface area contributed by atoms with Crippen molar-refractivity contribution < 1.29 is 0 Å². The lowest BCUT2D eigenvalue weighted by Gasteiger charge is -2.29. The van der Waals surface area contributed by atoms with Crippen LogP contribution in [-0.4, -0.2) is 11.0 Å². The Hall–Kier alpha value is -2.54. The summed E-state index contributed by atoms with van der Waals surface area (Å²) in [6.45, 7) is 4.96. The minimum absolute atomic E-state index is 0.310. The van der Waals surface area contributed by atoms with Gasteiger partial charge in [0.2, 0.25) is 0 Å². The van der Waals surface area contributed by atoms with Crippen LogP contribution in [0.15, 0.2) is 42.6 Å². The van der Waals surface area contributed by atoms with Gasteiger partial charge in [-0.2, -0.15) is 5.26 Å². The highest BCUT2D eigenvalue weighted by Gasteiger charge is 2.13. The van der Waals surface area contributed by atoms with Crippen LogP contribution < -0.4 is 10.6 Å². The molecule has 0 saturated carbocycles. The number of para-hydroxylation sites is 1. The summed E-state index contributed by atoms with van der Waals surface area (Å²) in [5, 5.41) is 8.81. The van der Waals surface area contributed by atoms with Gasteiger partial charge in [0.05, 0.1) is 11.9 Å². The number of rotatable bonds is 4. The van der Waals surface area contributed by atoms with Crippen molar-refractivity contribution in [3.05, 3.63) is 53.9 Å². The van der Waals surface area contributed by atoms with Crippen molar-refractivity contribution in [1.29, 1.82) is 5.26 Å². The normalized spacial score (nSPS) is 10.3. The monoisotopic (exact) mass is 266 g/mol. The molecule has 0 atom stereocenters. The Balaban J connectivity index is 2.27. The molecular formula is C16H18N4. The van der Waals surface area contributed by atoms with Gasteiger partial charge in [-0.25, -0.2) is 4.98 Å². The molecule has 20 heavy (non-hydrogen) atoms. The van der Waals surface area contributed by atoms with Crippen LogP contribution >= 0.6 is 0 Å². The van der Waals surface area contributed by atoms with Gasteiger partial charge in [0.1, 0.15) is 11.8 Å². The van der Waals surface area contributed by atoms with Gasteiger partial charge >= 0.3 is 0 Å². The molecule has 0 aliphatic heterocycles. The van der Waals surface area contributed by atoms with E-state index in [4.69, 9.17) is 11.0 Å². The zero-order valence-electron chi connectivity index (χ0n) is 11.7. The summed E-state index contributed by atoms with van der Waals surface area (Å²) < 4.78 is 0. The molecule has 1 aromatic heterocycles. The van der Waals surface area contributed by atoms with E-state index in [1.54, 1.807) is 12.3 Å². The lowest BCUT2D eigenvalue weighted by molar-refractivity contribution is 0.682. The molecule has 0 saturated heterocycles. The summed E-state index contributed by atoms with van der Waals surface area (Å²) in [5.41, 5.74) is 9.30. The SMILES string of the molecule is CC(C)N(Cc1ccccc1N)c1ccc(C#N)nc1. The molecule has 0 bridgehead atoms. The second kappa shape index (κ2) is 6.07. The molecule has 0 fully saturated rings. The molecule has 0 amide bonds. The highest BCUT2D eigenvalue weighted by molar-refractivity contribution is 5.52. The van der Waals surface area contributed by atoms with Gasteiger partial charge in [-0.15, -0.1) is 0 Å². The van der Waals surface area contributed by atoms with Crippen LogP contribution in [0.3, 0.4) is 0 Å². The van der Waals surface area contributed by atoms with Gasteiger partial charge in [-0.3, -0.25) is 0 Å². The first-order valence-corrected chi connectivity index (χ1v) is 6.58. The van der Waals surface area contributed by atoms with Crippen LogP contribution in [-0.2, 0) is 6.54 Å². The summed E-state index contributed by atoms with van der Waals surface area (Å²) in [6, 6.07) is 13.9. The van der Waals surface area contributed by atoms with E-state index >= 15 is 0 Å². The van der Waals surface area contributed by atoms with Crippen LogP contribution in [0.5, 0.6) is 0 Å². The fourth-order valence-electron chi connectivity index (χ4n) is 2.06. The van der Waals surface area contributed by atoms with Crippen molar-refractivity contribution in [1.82, 2.24) is 4.98 Å². The molecule has 4 heteroatoms. The standard InChI is InChI=1S/C16H18N4/c1-12(2)20(11-13-5-3-4-6-16(13)18)15-8-7-14(9-17)19-10-15/h3-8,10,12H,11,18H2,1-2H3. The largest absolute Gasteiger partial charge is 0.398 e. The summed E-state index contributed by atoms with van der Waals surface area (Å²) >= 11 is 0. The van der Waals surface area contributed by atoms with E-state index in [1.165, 1.54) is 0 Å². The third-order valence-corrected chi connectivity index (χ3v) is 3.21. The molecule has 0 unspecified atom stereocenters. The number of nitrogens with zero attached hydrogens (tertiary/aromatic N) is 3. The van der Waals surface area contributed by atoms with Crippen molar-refractivity contribution in [2.75, 3.05) is 10.6 Å². The Morgan fingerprint density at radius 2 is 2.00 bits per heavy atom. The molecule has 2 aromatic rings. The molecule has 4 nitrogen and oxygen atoms in total. The first-order chi connectivity index (χ1) is 9.61. The molecule has 0 spiro atoms. The topological polar surface area (TPSA) is 65.9 Å². The number of aromatic nitrogens is 1. The molecule has 1 aromatic carbocycles. The van der Waals surface area contributed by atoms with E-state index in [9.17, 15) is 0 Å². The minimum Gasteiger partial charge on any atom is -0.398 e. The van der Waals surface area contributed by atoms with Gasteiger partial charge in [0, 0.05) is 18.3 Å². The van der Waals surface area contributed by atoms with Crippen molar-refractivity contribution >= 4 is 11.4 Å². The second-order valence-corrected chi connectivity index (χ2v) is 4.93. The third kappa shape index (κ3) is 3.07. The first kappa shape index (κ1) is 13.9. The lowest BCUT2D eigenvalue weighted by Crippen LogP contribution is -2.30. The Labute approximate surface area is 119 Å². The Kier molecular flexibility index (Phi) is 4.21. The van der Waals surface area contributed by atoms with Crippen molar-refractivity contribution in [3.8, 4) is 6.07 Å². The van der Waals surface area contributed by atoms with Gasteiger partial charge in [0.15, 0.2) is 0 Å². The number of nitrogens with two attached hydrogens (primary N) is 1. The molecule has 1 heterocycles. The zero-order valence-corrected chi connectivity index (χ0v) is 11.7. The first-order valence-electron chi connectivity index (χ1n) is 6.58. The maximum absolute atomic E-state index is 8.81. The number of pyridine rings is 1. The number of anilines is 2. The van der Waals surface area contributed by atoms with Crippen LogP contribution in [0.1, 0.15) is 25.1 Å². The average molecular weight is 266 g/mol. The Morgan fingerprint density at radius 3 is 2.55 bits per heavy atom. The van der Waals surface area contributed by atoms with Crippen LogP contribution in [0.4, 0.5) is 11.4 Å². The van der Waals surface area contributed by atoms with E-state index < -0.39 is 0 Å². The van der Waals surface area contributed by atoms with Crippen LogP contribution in [0.2, 0.25) is 0 Å². The van der Waals surface area contributed by atoms with Crippen molar-refractivity contribution in [2.24, 2.45) is 0 Å². The highest BCUT2D eigenvalue weighted by atomic mass is 15.2. The molecule has 0 aliphatic rings. The minimum atomic E-state index is 0.310. The number of hydrogen-bond acceptors (Lipinski definition) is 4. The predicted octanol–water partition coefficient (Wildman–Crippen LogP) is 2.95. The van der Waals surface area contributed by atoms with Crippen molar-refractivity contribution in [3.63, 3.8) is 0 Å². The molecule has 0 aliphatic carbocycles. The Bertz CT molecular complexity index is 611. The van der Waals surface area contributed by atoms with E-state index in [2.05, 4.69) is 23.7 Å². The van der Waals surface area contributed by atoms with Gasteiger partial charge in [0.25, 0.3) is 0 Å². The fraction of sp³-hybridized carbons (Fsp3) is 0.250. The summed E-state index contributed by atoms with van der Waals surface area (Å²) in [5.74, 6) is 0. The van der Waals surface area contributed by atoms with Crippen LogP contribution in [0, 0.1) is 11.3 Å². The molecule has 2 rings (SSSR count). The van der Waals surface area contributed by atoms with E-state index in [0.29, 0.717) is 11.7 Å². The summed E-state index contributed by atoms with van der Waals surface area (Å²) in [4.78, 5) is 6.34. The highest BCUT2D eigenvalue weighted by Crippen LogP contribution is 2.21. The average Bonchev–Trinajstić information content (AvgIpc) is 2.46. The summed E-state index contributed by atoms with van der Waals surface area (Å²) in [6.07, 6.45) is 1.73. The maximum atomic E-state index is 8.81. The number of nitrogen functional groups attached to an aromatic ring is 1. The number of nitriles is 1. The lowest BCUT2D eigenvalue weighted by atomic mass is 10.1. The van der Waals surface area contributed by atoms with E-state index in [-0.39, 0.29) is 0 Å².